The van der Waals surface area contributed by atoms with E-state index in [0.29, 0.717) is 6.61 Å². The van der Waals surface area contributed by atoms with E-state index in [-0.39, 0.29) is 0 Å². The maximum atomic E-state index is 5.40. The first kappa shape index (κ1) is 11.5. The third-order valence-electron chi connectivity index (χ3n) is 2.50. The number of hydrogen-bond donors (Lipinski definition) is 1. The van der Waals surface area contributed by atoms with E-state index < -0.39 is 0 Å². The molecule has 0 aromatic heterocycles. The third kappa shape index (κ3) is 3.52. The summed E-state index contributed by atoms with van der Waals surface area (Å²) in [5, 5.41) is 3.37. The maximum absolute atomic E-state index is 5.40. The van der Waals surface area contributed by atoms with E-state index in [1.54, 1.807) is 0 Å². The average Bonchev–Trinajstić information content (AvgIpc) is 2.40. The molecule has 2 nitrogen and oxygen atoms in total. The van der Waals surface area contributed by atoms with Crippen molar-refractivity contribution in [3.8, 4) is 5.75 Å². The number of ether oxygens (including phenoxy) is 1. The standard InChI is InChI=1S/C15H17NO/c1-2-17-15-10-8-14(9-11-15)16-12-13-6-4-3-5-7-13/h3-11,16H,2,12H2,1H3. The lowest BCUT2D eigenvalue weighted by Gasteiger charge is -2.08. The van der Waals surface area contributed by atoms with Gasteiger partial charge < -0.3 is 10.1 Å². The minimum absolute atomic E-state index is 0.705. The van der Waals surface area contributed by atoms with Crippen LogP contribution in [0.3, 0.4) is 0 Å². The number of hydrogen-bond acceptors (Lipinski definition) is 2. The Morgan fingerprint density at radius 1 is 0.941 bits per heavy atom. The van der Waals surface area contributed by atoms with Crippen molar-refractivity contribution in [1.29, 1.82) is 0 Å². The van der Waals surface area contributed by atoms with Gasteiger partial charge in [-0.25, -0.2) is 0 Å². The molecule has 1 N–H and O–H groups in total. The average molecular weight is 227 g/mol. The molecule has 2 heteroatoms. The van der Waals surface area contributed by atoms with Gasteiger partial charge in [0, 0.05) is 12.2 Å². The minimum atomic E-state index is 0.705. The van der Waals surface area contributed by atoms with Crippen molar-refractivity contribution in [3.05, 3.63) is 60.2 Å². The van der Waals surface area contributed by atoms with Crippen molar-refractivity contribution in [2.45, 2.75) is 13.5 Å². The molecule has 0 bridgehead atoms. The molecule has 0 amide bonds. The molecule has 0 radical (unpaired) electrons. The van der Waals surface area contributed by atoms with Gasteiger partial charge in [0.25, 0.3) is 0 Å². The summed E-state index contributed by atoms with van der Waals surface area (Å²) in [7, 11) is 0. The predicted molar refractivity (Wildman–Crippen MR) is 71.4 cm³/mol. The third-order valence-corrected chi connectivity index (χ3v) is 2.50. The van der Waals surface area contributed by atoms with Gasteiger partial charge in [-0.1, -0.05) is 30.3 Å². The summed E-state index contributed by atoms with van der Waals surface area (Å²) in [6.45, 7) is 3.53. The SMILES string of the molecule is CCOc1ccc(NCc2ccccc2)cc1. The second kappa shape index (κ2) is 5.94. The molecule has 2 rings (SSSR count). The van der Waals surface area contributed by atoms with Crippen LogP contribution in [0.4, 0.5) is 5.69 Å². The van der Waals surface area contributed by atoms with Crippen LogP contribution in [-0.2, 0) is 6.54 Å². The van der Waals surface area contributed by atoms with Gasteiger partial charge >= 0.3 is 0 Å². The summed E-state index contributed by atoms with van der Waals surface area (Å²) in [6, 6.07) is 18.4. The van der Waals surface area contributed by atoms with E-state index in [1.807, 2.05) is 37.3 Å². The first-order chi connectivity index (χ1) is 8.38. The van der Waals surface area contributed by atoms with Gasteiger partial charge in [-0.05, 0) is 36.8 Å². The Morgan fingerprint density at radius 2 is 1.65 bits per heavy atom. The smallest absolute Gasteiger partial charge is 0.119 e. The van der Waals surface area contributed by atoms with E-state index in [2.05, 4.69) is 29.6 Å². The first-order valence-corrected chi connectivity index (χ1v) is 5.89. The summed E-state index contributed by atoms with van der Waals surface area (Å²) in [6.07, 6.45) is 0. The first-order valence-electron chi connectivity index (χ1n) is 5.89. The highest BCUT2D eigenvalue weighted by molar-refractivity contribution is 5.46. The summed E-state index contributed by atoms with van der Waals surface area (Å²) < 4.78 is 5.40. The molecule has 88 valence electrons. The zero-order chi connectivity index (χ0) is 11.9. The van der Waals surface area contributed by atoms with Crippen LogP contribution in [0, 0.1) is 0 Å². The van der Waals surface area contributed by atoms with Crippen molar-refractivity contribution in [1.82, 2.24) is 0 Å². The van der Waals surface area contributed by atoms with Crippen molar-refractivity contribution in [2.75, 3.05) is 11.9 Å². The van der Waals surface area contributed by atoms with E-state index in [1.165, 1.54) is 5.56 Å². The highest BCUT2D eigenvalue weighted by Gasteiger charge is 1.95. The van der Waals surface area contributed by atoms with Gasteiger partial charge in [0.05, 0.1) is 6.61 Å². The molecule has 0 aliphatic rings. The molecule has 0 saturated carbocycles. The summed E-state index contributed by atoms with van der Waals surface area (Å²) >= 11 is 0. The molecule has 0 atom stereocenters. The summed E-state index contributed by atoms with van der Waals surface area (Å²) in [4.78, 5) is 0. The lowest BCUT2D eigenvalue weighted by Crippen LogP contribution is -1.99. The van der Waals surface area contributed by atoms with E-state index in [0.717, 1.165) is 18.0 Å². The van der Waals surface area contributed by atoms with E-state index in [9.17, 15) is 0 Å². The molecule has 0 spiro atoms. The number of benzene rings is 2. The van der Waals surface area contributed by atoms with Gasteiger partial charge in [0.15, 0.2) is 0 Å². The summed E-state index contributed by atoms with van der Waals surface area (Å²) in [5.41, 5.74) is 2.39. The quantitative estimate of drug-likeness (QED) is 0.841. The maximum Gasteiger partial charge on any atom is 0.119 e. The molecular weight excluding hydrogens is 210 g/mol. The minimum Gasteiger partial charge on any atom is -0.494 e. The molecule has 17 heavy (non-hydrogen) atoms. The van der Waals surface area contributed by atoms with Gasteiger partial charge in [-0.2, -0.15) is 0 Å². The van der Waals surface area contributed by atoms with Crippen LogP contribution < -0.4 is 10.1 Å². The Hall–Kier alpha value is -1.96. The van der Waals surface area contributed by atoms with Crippen LogP contribution in [0.25, 0.3) is 0 Å². The summed E-state index contributed by atoms with van der Waals surface area (Å²) in [5.74, 6) is 0.915. The van der Waals surface area contributed by atoms with E-state index in [4.69, 9.17) is 4.74 Å². The van der Waals surface area contributed by atoms with Gasteiger partial charge in [0.2, 0.25) is 0 Å². The highest BCUT2D eigenvalue weighted by Crippen LogP contribution is 2.16. The fourth-order valence-electron chi connectivity index (χ4n) is 1.64. The van der Waals surface area contributed by atoms with E-state index >= 15 is 0 Å². The van der Waals surface area contributed by atoms with Gasteiger partial charge in [-0.3, -0.25) is 0 Å². The largest absolute Gasteiger partial charge is 0.494 e. The second-order valence-electron chi connectivity index (χ2n) is 3.80. The Balaban J connectivity index is 1.91. The lowest BCUT2D eigenvalue weighted by molar-refractivity contribution is 0.340. The Kier molecular flexibility index (Phi) is 4.03. The Labute approximate surface area is 102 Å². The number of nitrogens with one attached hydrogen (secondary N) is 1. The van der Waals surface area contributed by atoms with Crippen LogP contribution in [0.15, 0.2) is 54.6 Å². The van der Waals surface area contributed by atoms with Crippen molar-refractivity contribution in [3.63, 3.8) is 0 Å². The lowest BCUT2D eigenvalue weighted by atomic mass is 10.2. The zero-order valence-electron chi connectivity index (χ0n) is 10.0. The molecule has 2 aromatic rings. The molecule has 0 saturated heterocycles. The van der Waals surface area contributed by atoms with Crippen LogP contribution in [0.2, 0.25) is 0 Å². The number of rotatable bonds is 5. The van der Waals surface area contributed by atoms with Gasteiger partial charge in [0.1, 0.15) is 5.75 Å². The molecule has 0 unspecified atom stereocenters. The normalized spacial score (nSPS) is 9.94. The predicted octanol–water partition coefficient (Wildman–Crippen LogP) is 3.70. The van der Waals surface area contributed by atoms with Crippen molar-refractivity contribution in [2.24, 2.45) is 0 Å². The molecule has 0 aliphatic heterocycles. The van der Waals surface area contributed by atoms with Crippen LogP contribution in [-0.4, -0.2) is 6.61 Å². The molecular formula is C15H17NO. The Morgan fingerprint density at radius 3 is 2.29 bits per heavy atom. The highest BCUT2D eigenvalue weighted by atomic mass is 16.5. The van der Waals surface area contributed by atoms with Gasteiger partial charge in [-0.15, -0.1) is 0 Å². The van der Waals surface area contributed by atoms with Crippen LogP contribution >= 0.6 is 0 Å². The fourth-order valence-corrected chi connectivity index (χ4v) is 1.64. The number of anilines is 1. The molecule has 0 heterocycles. The molecule has 0 fully saturated rings. The second-order valence-corrected chi connectivity index (χ2v) is 3.80. The molecule has 0 aliphatic carbocycles. The molecule has 2 aromatic carbocycles. The van der Waals surface area contributed by atoms with Crippen molar-refractivity contribution >= 4 is 5.69 Å². The monoisotopic (exact) mass is 227 g/mol. The van der Waals surface area contributed by atoms with Crippen LogP contribution in [0.5, 0.6) is 5.75 Å². The zero-order valence-corrected chi connectivity index (χ0v) is 10.0. The van der Waals surface area contributed by atoms with Crippen LogP contribution in [0.1, 0.15) is 12.5 Å². The topological polar surface area (TPSA) is 21.3 Å². The van der Waals surface area contributed by atoms with Crippen molar-refractivity contribution < 1.29 is 4.74 Å². The fraction of sp³-hybridized carbons (Fsp3) is 0.200. The Bertz CT molecular complexity index is 436.